The van der Waals surface area contributed by atoms with E-state index in [0.29, 0.717) is 12.0 Å². The number of aryl methyl sites for hydroxylation is 1. The van der Waals surface area contributed by atoms with Crippen LogP contribution in [-0.2, 0) is 0 Å². The smallest absolute Gasteiger partial charge is 0.0970 e. The molecule has 0 bridgehead atoms. The Morgan fingerprint density at radius 3 is 2.94 bits per heavy atom. The Kier molecular flexibility index (Phi) is 2.45. The lowest BCUT2D eigenvalue weighted by Gasteiger charge is -2.03. The molecule has 0 spiro atoms. The highest BCUT2D eigenvalue weighted by Gasteiger charge is 2.25. The maximum absolute atomic E-state index is 5.96. The van der Waals surface area contributed by atoms with Gasteiger partial charge in [0.15, 0.2) is 0 Å². The number of aromatic nitrogens is 1. The van der Waals surface area contributed by atoms with Crippen LogP contribution < -0.4 is 5.73 Å². The van der Waals surface area contributed by atoms with Gasteiger partial charge in [-0.05, 0) is 37.8 Å². The van der Waals surface area contributed by atoms with Gasteiger partial charge in [-0.3, -0.25) is 0 Å². The molecule has 2 unspecified atom stereocenters. The molecule has 1 fully saturated rings. The van der Waals surface area contributed by atoms with Crippen molar-refractivity contribution >= 4 is 21.6 Å². The van der Waals surface area contributed by atoms with Gasteiger partial charge in [-0.1, -0.05) is 12.1 Å². The molecule has 1 aliphatic rings. The summed E-state index contributed by atoms with van der Waals surface area (Å²) in [6.45, 7) is 2.13. The van der Waals surface area contributed by atoms with Gasteiger partial charge in [0.2, 0.25) is 0 Å². The maximum atomic E-state index is 5.96. The van der Waals surface area contributed by atoms with Gasteiger partial charge < -0.3 is 5.73 Å². The van der Waals surface area contributed by atoms with Crippen LogP contribution in [-0.4, -0.2) is 11.0 Å². The molecule has 84 valence electrons. The third-order valence-corrected chi connectivity index (χ3v) is 4.64. The quantitative estimate of drug-likeness (QED) is 0.820. The summed E-state index contributed by atoms with van der Waals surface area (Å²) < 4.78 is 1.32. The zero-order valence-electron chi connectivity index (χ0n) is 9.44. The van der Waals surface area contributed by atoms with Gasteiger partial charge in [0.25, 0.3) is 0 Å². The van der Waals surface area contributed by atoms with E-state index in [0.717, 1.165) is 12.8 Å². The van der Waals surface area contributed by atoms with Crippen molar-refractivity contribution in [2.45, 2.75) is 38.1 Å². The van der Waals surface area contributed by atoms with E-state index in [1.54, 1.807) is 0 Å². The van der Waals surface area contributed by atoms with E-state index in [9.17, 15) is 0 Å². The summed E-state index contributed by atoms with van der Waals surface area (Å²) in [5.41, 5.74) is 8.43. The van der Waals surface area contributed by atoms with Crippen molar-refractivity contribution in [3.8, 4) is 0 Å². The van der Waals surface area contributed by atoms with E-state index >= 15 is 0 Å². The Morgan fingerprint density at radius 2 is 2.25 bits per heavy atom. The van der Waals surface area contributed by atoms with Gasteiger partial charge in [0.05, 0.1) is 15.2 Å². The molecule has 1 heterocycles. The van der Waals surface area contributed by atoms with Crippen LogP contribution in [0, 0.1) is 6.92 Å². The predicted molar refractivity (Wildman–Crippen MR) is 68.9 cm³/mol. The van der Waals surface area contributed by atoms with Crippen molar-refractivity contribution in [3.05, 3.63) is 28.8 Å². The second-order valence-corrected chi connectivity index (χ2v) is 5.81. The minimum absolute atomic E-state index is 0.387. The van der Waals surface area contributed by atoms with Crippen LogP contribution in [0.15, 0.2) is 18.2 Å². The van der Waals surface area contributed by atoms with E-state index in [1.807, 2.05) is 11.3 Å². The number of fused-ring (bicyclic) bond motifs is 1. The molecule has 2 nitrogen and oxygen atoms in total. The standard InChI is InChI=1S/C13H16N2S/c1-8-3-2-4-11-12(8)15-13(16-11)9-5-6-10(14)7-9/h2-4,9-10H,5-7,14H2,1H3. The summed E-state index contributed by atoms with van der Waals surface area (Å²) >= 11 is 1.84. The summed E-state index contributed by atoms with van der Waals surface area (Å²) in [6.07, 6.45) is 3.47. The molecule has 1 saturated carbocycles. The number of benzene rings is 1. The average Bonchev–Trinajstić information content (AvgIpc) is 2.84. The fraction of sp³-hybridized carbons (Fsp3) is 0.462. The molecule has 3 rings (SSSR count). The molecule has 16 heavy (non-hydrogen) atoms. The van der Waals surface area contributed by atoms with Crippen LogP contribution in [0.5, 0.6) is 0 Å². The van der Waals surface area contributed by atoms with Crippen LogP contribution in [0.3, 0.4) is 0 Å². The molecule has 0 radical (unpaired) electrons. The van der Waals surface area contributed by atoms with Crippen LogP contribution >= 0.6 is 11.3 Å². The Morgan fingerprint density at radius 1 is 1.38 bits per heavy atom. The van der Waals surface area contributed by atoms with Gasteiger partial charge in [-0.25, -0.2) is 4.98 Å². The number of nitrogens with two attached hydrogens (primary N) is 1. The maximum Gasteiger partial charge on any atom is 0.0970 e. The molecule has 0 saturated heterocycles. The summed E-state index contributed by atoms with van der Waals surface area (Å²) in [6, 6.07) is 6.79. The summed E-state index contributed by atoms with van der Waals surface area (Å²) in [4.78, 5) is 4.79. The highest BCUT2D eigenvalue weighted by atomic mass is 32.1. The molecule has 0 aliphatic heterocycles. The summed E-state index contributed by atoms with van der Waals surface area (Å²) in [7, 11) is 0. The van der Waals surface area contributed by atoms with Crippen molar-refractivity contribution < 1.29 is 0 Å². The highest BCUT2D eigenvalue weighted by Crippen LogP contribution is 2.38. The number of para-hydroxylation sites is 1. The van der Waals surface area contributed by atoms with Gasteiger partial charge in [0, 0.05) is 12.0 Å². The van der Waals surface area contributed by atoms with Crippen molar-refractivity contribution in [1.29, 1.82) is 0 Å². The molecule has 0 amide bonds. The molecule has 1 aromatic carbocycles. The number of rotatable bonds is 1. The van der Waals surface area contributed by atoms with E-state index < -0.39 is 0 Å². The first-order valence-electron chi connectivity index (χ1n) is 5.85. The van der Waals surface area contributed by atoms with Gasteiger partial charge in [-0.2, -0.15) is 0 Å². The van der Waals surface area contributed by atoms with E-state index in [2.05, 4.69) is 25.1 Å². The molecule has 2 aromatic rings. The van der Waals surface area contributed by atoms with E-state index in [1.165, 1.54) is 27.2 Å². The molecule has 1 aromatic heterocycles. The van der Waals surface area contributed by atoms with Gasteiger partial charge in [-0.15, -0.1) is 11.3 Å². The zero-order valence-corrected chi connectivity index (χ0v) is 10.3. The van der Waals surface area contributed by atoms with Crippen LogP contribution in [0.25, 0.3) is 10.2 Å². The number of nitrogens with zero attached hydrogens (tertiary/aromatic N) is 1. The second kappa shape index (κ2) is 3.82. The lowest BCUT2D eigenvalue weighted by Crippen LogP contribution is -2.14. The third-order valence-electron chi connectivity index (χ3n) is 3.46. The molecule has 1 aliphatic carbocycles. The van der Waals surface area contributed by atoms with Crippen molar-refractivity contribution in [2.75, 3.05) is 0 Å². The fourth-order valence-corrected chi connectivity index (χ4v) is 3.71. The van der Waals surface area contributed by atoms with Gasteiger partial charge >= 0.3 is 0 Å². The SMILES string of the molecule is Cc1cccc2sc(C3CCC(N)C3)nc12. The topological polar surface area (TPSA) is 38.9 Å². The predicted octanol–water partition coefficient (Wildman–Crippen LogP) is 3.20. The molecule has 2 N–H and O–H groups in total. The van der Waals surface area contributed by atoms with E-state index in [-0.39, 0.29) is 0 Å². The van der Waals surface area contributed by atoms with Crippen LogP contribution in [0.1, 0.15) is 35.8 Å². The third kappa shape index (κ3) is 1.64. The minimum atomic E-state index is 0.387. The lowest BCUT2D eigenvalue weighted by atomic mass is 10.1. The minimum Gasteiger partial charge on any atom is -0.328 e. The van der Waals surface area contributed by atoms with E-state index in [4.69, 9.17) is 10.7 Å². The Hall–Kier alpha value is -0.930. The molecular formula is C13H16N2S. The van der Waals surface area contributed by atoms with Crippen LogP contribution in [0.4, 0.5) is 0 Å². The normalized spacial score (nSPS) is 25.4. The first-order valence-corrected chi connectivity index (χ1v) is 6.67. The number of hydrogen-bond acceptors (Lipinski definition) is 3. The number of hydrogen-bond donors (Lipinski definition) is 1. The number of thiazole rings is 1. The van der Waals surface area contributed by atoms with Crippen molar-refractivity contribution in [3.63, 3.8) is 0 Å². The fourth-order valence-electron chi connectivity index (χ4n) is 2.52. The first kappa shape index (κ1) is 10.2. The average molecular weight is 232 g/mol. The summed E-state index contributed by atoms with van der Waals surface area (Å²) in [5.74, 6) is 0.604. The lowest BCUT2D eigenvalue weighted by molar-refractivity contribution is 0.672. The van der Waals surface area contributed by atoms with Crippen molar-refractivity contribution in [2.24, 2.45) is 5.73 Å². The largest absolute Gasteiger partial charge is 0.328 e. The summed E-state index contributed by atoms with van der Waals surface area (Å²) in [5, 5.41) is 1.29. The Labute approximate surface area is 99.5 Å². The Balaban J connectivity index is 2.02. The second-order valence-electron chi connectivity index (χ2n) is 4.74. The zero-order chi connectivity index (χ0) is 11.1. The molecule has 3 heteroatoms. The van der Waals surface area contributed by atoms with Gasteiger partial charge in [0.1, 0.15) is 0 Å². The highest BCUT2D eigenvalue weighted by molar-refractivity contribution is 7.18. The molecule has 2 atom stereocenters. The molecular weight excluding hydrogens is 216 g/mol. The Bertz CT molecular complexity index is 518. The monoisotopic (exact) mass is 232 g/mol. The first-order chi connectivity index (χ1) is 7.74. The van der Waals surface area contributed by atoms with Crippen LogP contribution in [0.2, 0.25) is 0 Å². The van der Waals surface area contributed by atoms with Crippen molar-refractivity contribution in [1.82, 2.24) is 4.98 Å².